The molecule has 1 aliphatic rings. The summed E-state index contributed by atoms with van der Waals surface area (Å²) in [4.78, 5) is 11.8. The Balaban J connectivity index is 2.92. The van der Waals surface area contributed by atoms with Crippen LogP contribution in [-0.4, -0.2) is 21.8 Å². The molecule has 0 aliphatic carbocycles. The second-order valence-electron chi connectivity index (χ2n) is 5.97. The molecule has 1 heterocycles. The molecule has 104 valence electrons. The third kappa shape index (κ3) is 1.43. The van der Waals surface area contributed by atoms with Crippen LogP contribution in [0, 0.1) is 20.8 Å². The number of phenols is 1. The number of ether oxygens (including phenoxy) is 1. The number of benzene rings is 1. The van der Waals surface area contributed by atoms with E-state index in [2.05, 4.69) is 0 Å². The maximum absolute atomic E-state index is 11.8. The number of carboxylic acid groups (broad SMARTS) is 1. The number of fused-ring (bicyclic) bond motifs is 1. The molecule has 0 aromatic heterocycles. The van der Waals surface area contributed by atoms with E-state index in [0.717, 1.165) is 11.1 Å². The molecule has 4 heteroatoms. The Kier molecular flexibility index (Phi) is 2.64. The molecule has 19 heavy (non-hydrogen) atoms. The second kappa shape index (κ2) is 3.65. The van der Waals surface area contributed by atoms with Gasteiger partial charge in [0, 0.05) is 5.56 Å². The molecule has 1 aromatic rings. The number of aliphatic carboxylic acids is 1. The van der Waals surface area contributed by atoms with E-state index >= 15 is 0 Å². The van der Waals surface area contributed by atoms with Crippen LogP contribution >= 0.6 is 0 Å². The summed E-state index contributed by atoms with van der Waals surface area (Å²) >= 11 is 0. The van der Waals surface area contributed by atoms with Crippen molar-refractivity contribution in [1.82, 2.24) is 0 Å². The summed E-state index contributed by atoms with van der Waals surface area (Å²) in [5.74, 6) is -0.185. The smallest absolute Gasteiger partial charge is 0.318 e. The van der Waals surface area contributed by atoms with Crippen molar-refractivity contribution in [3.8, 4) is 11.5 Å². The average Bonchev–Trinajstić information content (AvgIpc) is 2.53. The SMILES string of the molecule is Cc1c(C)c2c(c(C)c1O)C(C)(C(=O)O)C(C)(C)O2. The van der Waals surface area contributed by atoms with Crippen LogP contribution in [0.25, 0.3) is 0 Å². The molecular weight excluding hydrogens is 244 g/mol. The Hall–Kier alpha value is -1.71. The summed E-state index contributed by atoms with van der Waals surface area (Å²) < 4.78 is 5.93. The fraction of sp³-hybridized carbons (Fsp3) is 0.533. The first kappa shape index (κ1) is 13.7. The molecule has 1 aliphatic heterocycles. The van der Waals surface area contributed by atoms with Crippen molar-refractivity contribution in [2.45, 2.75) is 52.6 Å². The fourth-order valence-electron chi connectivity index (χ4n) is 2.86. The maximum atomic E-state index is 11.8. The van der Waals surface area contributed by atoms with Crippen molar-refractivity contribution < 1.29 is 19.7 Å². The number of carboxylic acids is 1. The predicted molar refractivity (Wildman–Crippen MR) is 72.0 cm³/mol. The van der Waals surface area contributed by atoms with Gasteiger partial charge in [-0.15, -0.1) is 0 Å². The highest BCUT2D eigenvalue weighted by Gasteiger charge is 2.58. The first-order valence-corrected chi connectivity index (χ1v) is 6.31. The number of carbonyl (C=O) groups is 1. The van der Waals surface area contributed by atoms with Crippen molar-refractivity contribution in [2.24, 2.45) is 0 Å². The zero-order valence-corrected chi connectivity index (χ0v) is 12.2. The van der Waals surface area contributed by atoms with E-state index in [1.807, 2.05) is 13.8 Å². The molecule has 0 amide bonds. The van der Waals surface area contributed by atoms with Crippen LogP contribution < -0.4 is 4.74 Å². The minimum atomic E-state index is -1.18. The minimum Gasteiger partial charge on any atom is -0.507 e. The predicted octanol–water partition coefficient (Wildman–Crippen LogP) is 2.83. The summed E-state index contributed by atoms with van der Waals surface area (Å²) in [6.07, 6.45) is 0. The zero-order chi connectivity index (χ0) is 14.7. The van der Waals surface area contributed by atoms with Gasteiger partial charge in [-0.3, -0.25) is 4.79 Å². The first-order chi connectivity index (χ1) is 8.55. The van der Waals surface area contributed by atoms with Crippen molar-refractivity contribution in [1.29, 1.82) is 0 Å². The van der Waals surface area contributed by atoms with Gasteiger partial charge in [0.05, 0.1) is 0 Å². The number of aromatic hydroxyl groups is 1. The Morgan fingerprint density at radius 2 is 1.58 bits per heavy atom. The van der Waals surface area contributed by atoms with Gasteiger partial charge in [0.1, 0.15) is 22.5 Å². The van der Waals surface area contributed by atoms with Gasteiger partial charge in [0.15, 0.2) is 0 Å². The zero-order valence-electron chi connectivity index (χ0n) is 12.2. The van der Waals surface area contributed by atoms with E-state index in [-0.39, 0.29) is 5.75 Å². The van der Waals surface area contributed by atoms with Gasteiger partial charge in [-0.05, 0) is 58.2 Å². The highest BCUT2D eigenvalue weighted by atomic mass is 16.5. The molecule has 2 N–H and O–H groups in total. The lowest BCUT2D eigenvalue weighted by molar-refractivity contribution is -0.148. The van der Waals surface area contributed by atoms with Gasteiger partial charge in [0.25, 0.3) is 0 Å². The Bertz CT molecular complexity index is 587. The van der Waals surface area contributed by atoms with Crippen LogP contribution in [0.1, 0.15) is 43.0 Å². The van der Waals surface area contributed by atoms with Crippen LogP contribution in [-0.2, 0) is 10.2 Å². The largest absolute Gasteiger partial charge is 0.507 e. The molecule has 0 bridgehead atoms. The van der Waals surface area contributed by atoms with Gasteiger partial charge in [0.2, 0.25) is 0 Å². The monoisotopic (exact) mass is 264 g/mol. The van der Waals surface area contributed by atoms with Gasteiger partial charge >= 0.3 is 5.97 Å². The lowest BCUT2D eigenvalue weighted by Crippen LogP contribution is -2.50. The van der Waals surface area contributed by atoms with Crippen LogP contribution in [0.15, 0.2) is 0 Å². The van der Waals surface area contributed by atoms with E-state index in [1.54, 1.807) is 27.7 Å². The summed E-state index contributed by atoms with van der Waals surface area (Å²) in [5.41, 5.74) is 0.677. The summed E-state index contributed by atoms with van der Waals surface area (Å²) in [5, 5.41) is 19.9. The average molecular weight is 264 g/mol. The molecule has 1 atom stereocenters. The normalized spacial score (nSPS) is 23.9. The summed E-state index contributed by atoms with van der Waals surface area (Å²) in [7, 11) is 0. The molecule has 1 unspecified atom stereocenters. The molecule has 0 saturated heterocycles. The number of phenolic OH excluding ortho intramolecular Hbond substituents is 1. The number of rotatable bonds is 1. The summed E-state index contributed by atoms with van der Waals surface area (Å²) in [6.45, 7) is 10.6. The maximum Gasteiger partial charge on any atom is 0.318 e. The van der Waals surface area contributed by atoms with Gasteiger partial charge in [-0.2, -0.15) is 0 Å². The third-order valence-electron chi connectivity index (χ3n) is 4.70. The Labute approximate surface area is 113 Å². The van der Waals surface area contributed by atoms with Crippen LogP contribution in [0.3, 0.4) is 0 Å². The molecule has 0 spiro atoms. The topological polar surface area (TPSA) is 66.8 Å². The van der Waals surface area contributed by atoms with E-state index in [4.69, 9.17) is 4.74 Å². The van der Waals surface area contributed by atoms with Crippen molar-refractivity contribution >= 4 is 5.97 Å². The molecule has 2 rings (SSSR count). The van der Waals surface area contributed by atoms with E-state index in [0.29, 0.717) is 16.9 Å². The van der Waals surface area contributed by atoms with Crippen molar-refractivity contribution in [3.63, 3.8) is 0 Å². The van der Waals surface area contributed by atoms with Gasteiger partial charge in [-0.25, -0.2) is 0 Å². The minimum absolute atomic E-state index is 0.157. The molecular formula is C15H20O4. The van der Waals surface area contributed by atoms with E-state index in [9.17, 15) is 15.0 Å². The highest BCUT2D eigenvalue weighted by Crippen LogP contribution is 2.54. The second-order valence-corrected chi connectivity index (χ2v) is 5.97. The number of hydrogen-bond acceptors (Lipinski definition) is 3. The highest BCUT2D eigenvalue weighted by molar-refractivity contribution is 5.87. The molecule has 4 nitrogen and oxygen atoms in total. The van der Waals surface area contributed by atoms with Crippen LogP contribution in [0.5, 0.6) is 11.5 Å². The quantitative estimate of drug-likeness (QED) is 0.818. The molecule has 0 fully saturated rings. The summed E-state index contributed by atoms with van der Waals surface area (Å²) in [6, 6.07) is 0. The fourth-order valence-corrected chi connectivity index (χ4v) is 2.86. The van der Waals surface area contributed by atoms with E-state index < -0.39 is 17.0 Å². The first-order valence-electron chi connectivity index (χ1n) is 6.31. The van der Waals surface area contributed by atoms with Gasteiger partial charge < -0.3 is 14.9 Å². The molecule has 1 aromatic carbocycles. The Morgan fingerprint density at radius 1 is 1.05 bits per heavy atom. The van der Waals surface area contributed by atoms with Crippen LogP contribution in [0.2, 0.25) is 0 Å². The standard InChI is InChI=1S/C15H20O4/c1-7-8(2)12-10(9(3)11(7)16)15(6,13(17)18)14(4,5)19-12/h16H,1-6H3,(H,17,18). The van der Waals surface area contributed by atoms with Crippen molar-refractivity contribution in [2.75, 3.05) is 0 Å². The molecule has 0 saturated carbocycles. The lowest BCUT2D eigenvalue weighted by atomic mass is 9.70. The molecule has 0 radical (unpaired) electrons. The lowest BCUT2D eigenvalue weighted by Gasteiger charge is -2.33. The van der Waals surface area contributed by atoms with Crippen molar-refractivity contribution in [3.05, 3.63) is 22.3 Å². The number of hydrogen-bond donors (Lipinski definition) is 2. The van der Waals surface area contributed by atoms with Gasteiger partial charge in [-0.1, -0.05) is 0 Å². The Morgan fingerprint density at radius 3 is 2.05 bits per heavy atom. The van der Waals surface area contributed by atoms with E-state index in [1.165, 1.54) is 0 Å². The third-order valence-corrected chi connectivity index (χ3v) is 4.70. The van der Waals surface area contributed by atoms with Crippen LogP contribution in [0.4, 0.5) is 0 Å².